The second-order valence-electron chi connectivity index (χ2n) is 4.52. The summed E-state index contributed by atoms with van der Waals surface area (Å²) in [5.74, 6) is -0.175. The van der Waals surface area contributed by atoms with E-state index in [0.717, 1.165) is 4.31 Å². The van der Waals surface area contributed by atoms with Crippen molar-refractivity contribution in [3.63, 3.8) is 0 Å². The van der Waals surface area contributed by atoms with Crippen molar-refractivity contribution in [3.05, 3.63) is 12.2 Å². The van der Waals surface area contributed by atoms with Crippen LogP contribution in [-0.2, 0) is 14.0 Å². The number of alkyl halides is 2. The van der Waals surface area contributed by atoms with Crippen LogP contribution in [0.3, 0.4) is 0 Å². The lowest BCUT2D eigenvalue weighted by molar-refractivity contribution is -0.151. The van der Waals surface area contributed by atoms with Gasteiger partial charge in [0.1, 0.15) is 0 Å². The Kier molecular flexibility index (Phi) is 2.72. The summed E-state index contributed by atoms with van der Waals surface area (Å²) in [7, 11) is 1.28. The number of fused-ring (bicyclic) bond motifs is 3. The van der Waals surface area contributed by atoms with Crippen LogP contribution in [0.25, 0.3) is 0 Å². The first kappa shape index (κ1) is 12.4. The lowest BCUT2D eigenvalue weighted by Gasteiger charge is -2.58. The number of nitrogens with zero attached hydrogens (tertiary/aromatic N) is 1. The number of hydrogen-bond acceptors (Lipinski definition) is 3. The third kappa shape index (κ3) is 1.52. The minimum absolute atomic E-state index is 0.163. The van der Waals surface area contributed by atoms with Gasteiger partial charge >= 0.3 is 9.24 Å². The largest absolute Gasteiger partial charge is 0.324 e. The van der Waals surface area contributed by atoms with E-state index in [1.807, 2.05) is 6.08 Å². The van der Waals surface area contributed by atoms with Gasteiger partial charge < -0.3 is 0 Å². The molecule has 0 radical (unpaired) electrons. The number of amides is 1. The van der Waals surface area contributed by atoms with Gasteiger partial charge in [0.25, 0.3) is 0 Å². The van der Waals surface area contributed by atoms with Gasteiger partial charge in [0.15, 0.2) is 0 Å². The molecule has 0 aromatic rings. The molecule has 3 aliphatic rings. The maximum atomic E-state index is 11.9. The van der Waals surface area contributed by atoms with Gasteiger partial charge in [0, 0.05) is 20.3 Å². The van der Waals surface area contributed by atoms with Gasteiger partial charge in [0.2, 0.25) is 5.91 Å². The van der Waals surface area contributed by atoms with Crippen LogP contribution in [0.1, 0.15) is 0 Å². The zero-order valence-electron chi connectivity index (χ0n) is 8.33. The number of β-lactam (4-membered cyclic amide) rings is 1. The van der Waals surface area contributed by atoms with E-state index in [0.29, 0.717) is 10.7 Å². The Morgan fingerprint density at radius 1 is 1.24 bits per heavy atom. The highest BCUT2D eigenvalue weighted by molar-refractivity contribution is 9.12. The Balaban J connectivity index is 1.93. The van der Waals surface area contributed by atoms with Crippen LogP contribution in [0.15, 0.2) is 12.2 Å². The van der Waals surface area contributed by atoms with Crippen LogP contribution in [0, 0.1) is 17.8 Å². The number of hydrogen-bond donors (Lipinski definition) is 0. The second kappa shape index (κ2) is 3.71. The first-order valence-corrected chi connectivity index (χ1v) is 9.18. The Labute approximate surface area is 120 Å². The summed E-state index contributed by atoms with van der Waals surface area (Å²) in [6.45, 7) is 0. The Morgan fingerprint density at radius 3 is 2.47 bits per heavy atom. The molecule has 6 atom stereocenters. The Bertz CT molecular complexity index is 522. The van der Waals surface area contributed by atoms with E-state index in [1.165, 1.54) is 0 Å². The van der Waals surface area contributed by atoms with Crippen molar-refractivity contribution in [1.29, 1.82) is 0 Å². The first-order valence-electron chi connectivity index (χ1n) is 5.08. The molecule has 0 N–H and O–H groups in total. The van der Waals surface area contributed by atoms with Gasteiger partial charge in [-0.15, -0.1) is 0 Å². The quantitative estimate of drug-likeness (QED) is 0.288. The summed E-state index contributed by atoms with van der Waals surface area (Å²) in [6.07, 6.45) is 3.75. The molecule has 0 bridgehead atoms. The number of carbonyl (C=O) groups excluding carboxylic acids is 1. The van der Waals surface area contributed by atoms with E-state index in [-0.39, 0.29) is 22.6 Å². The molecule has 17 heavy (non-hydrogen) atoms. The topological polar surface area (TPSA) is 54.5 Å². The first-order chi connectivity index (χ1) is 7.84. The Morgan fingerprint density at radius 2 is 1.88 bits per heavy atom. The van der Waals surface area contributed by atoms with Crippen molar-refractivity contribution in [2.24, 2.45) is 17.8 Å². The molecule has 1 saturated heterocycles. The zero-order valence-corrected chi connectivity index (χ0v) is 13.1. The highest BCUT2D eigenvalue weighted by Crippen LogP contribution is 2.56. The maximum absolute atomic E-state index is 11.9. The maximum Gasteiger partial charge on any atom is 0.324 e. The molecule has 3 rings (SSSR count). The normalized spacial score (nSPS) is 47.9. The number of carbonyl (C=O) groups is 1. The van der Waals surface area contributed by atoms with Crippen molar-refractivity contribution in [3.8, 4) is 0 Å². The molecule has 1 heterocycles. The Hall–Kier alpha value is 0.410. The molecular weight excluding hydrogens is 397 g/mol. The van der Waals surface area contributed by atoms with Crippen LogP contribution in [-0.4, -0.2) is 34.3 Å². The van der Waals surface area contributed by atoms with Crippen molar-refractivity contribution >= 4 is 57.7 Å². The average molecular weight is 405 g/mol. The van der Waals surface area contributed by atoms with E-state index in [4.69, 9.17) is 10.7 Å². The van der Waals surface area contributed by atoms with Crippen LogP contribution < -0.4 is 0 Å². The summed E-state index contributed by atoms with van der Waals surface area (Å²) >= 11 is 7.08. The van der Waals surface area contributed by atoms with Gasteiger partial charge in [-0.3, -0.25) is 4.79 Å². The number of rotatable bonds is 1. The fourth-order valence-electron chi connectivity index (χ4n) is 2.96. The van der Waals surface area contributed by atoms with Gasteiger partial charge in [-0.2, -0.15) is 8.42 Å². The molecule has 0 spiro atoms. The van der Waals surface area contributed by atoms with Crippen LogP contribution >= 0.6 is 42.5 Å². The molecule has 8 heteroatoms. The standard InChI is InChI=1S/C9H8Br2ClNO3S/c10-7-3-1-2-4-6(5(3)8(7)11)9(14)13(4)17(12,15)16/h1-8H/t3-,4-,5+,6-,7+,8-/m1/s1. The lowest BCUT2D eigenvalue weighted by atomic mass is 9.59. The summed E-state index contributed by atoms with van der Waals surface area (Å²) in [6, 6.07) is -0.397. The third-order valence-electron chi connectivity index (χ3n) is 3.81. The van der Waals surface area contributed by atoms with E-state index in [9.17, 15) is 13.2 Å². The highest BCUT2D eigenvalue weighted by atomic mass is 79.9. The van der Waals surface area contributed by atoms with Crippen molar-refractivity contribution in [2.45, 2.75) is 15.7 Å². The second-order valence-corrected chi connectivity index (χ2v) is 9.02. The predicted molar refractivity (Wildman–Crippen MR) is 70.4 cm³/mol. The third-order valence-corrected chi connectivity index (χ3v) is 8.21. The molecule has 1 aliphatic heterocycles. The molecule has 0 aromatic heterocycles. The van der Waals surface area contributed by atoms with E-state index >= 15 is 0 Å². The van der Waals surface area contributed by atoms with E-state index in [2.05, 4.69) is 31.9 Å². The SMILES string of the molecule is O=C1[C@H]2[C@H]3[C@@H](Br)[C@@H](Br)[C@@H]3C=C[C@H]2N1S(=O)(=O)Cl. The fraction of sp³-hybridized carbons (Fsp3) is 0.667. The predicted octanol–water partition coefficient (Wildman–Crippen LogP) is 1.64. The molecule has 1 amide bonds. The molecular formula is C9H8Br2ClNO3S. The summed E-state index contributed by atoms with van der Waals surface area (Å²) in [5.41, 5.74) is 0. The van der Waals surface area contributed by atoms with E-state index < -0.39 is 15.3 Å². The molecule has 94 valence electrons. The fourth-order valence-corrected chi connectivity index (χ4v) is 6.19. The van der Waals surface area contributed by atoms with E-state index in [1.54, 1.807) is 6.08 Å². The highest BCUT2D eigenvalue weighted by Gasteiger charge is 2.64. The van der Waals surface area contributed by atoms with Gasteiger partial charge in [-0.05, 0) is 11.8 Å². The minimum atomic E-state index is -3.96. The van der Waals surface area contributed by atoms with Crippen LogP contribution in [0.4, 0.5) is 0 Å². The molecule has 4 nitrogen and oxygen atoms in total. The van der Waals surface area contributed by atoms with Crippen LogP contribution in [0.2, 0.25) is 0 Å². The summed E-state index contributed by atoms with van der Waals surface area (Å²) < 4.78 is 23.3. The average Bonchev–Trinajstić information content (AvgIpc) is 2.24. The monoisotopic (exact) mass is 403 g/mol. The van der Waals surface area contributed by atoms with Gasteiger partial charge in [-0.25, -0.2) is 4.31 Å². The summed E-state index contributed by atoms with van der Waals surface area (Å²) in [4.78, 5) is 12.4. The smallest absolute Gasteiger partial charge is 0.273 e. The minimum Gasteiger partial charge on any atom is -0.273 e. The van der Waals surface area contributed by atoms with Crippen LogP contribution in [0.5, 0.6) is 0 Å². The molecule has 0 unspecified atom stereocenters. The van der Waals surface area contributed by atoms with Gasteiger partial charge in [-0.1, -0.05) is 44.0 Å². The number of allylic oxidation sites excluding steroid dienone is 1. The molecule has 0 aromatic carbocycles. The molecule has 1 saturated carbocycles. The molecule has 2 fully saturated rings. The van der Waals surface area contributed by atoms with Crippen molar-refractivity contribution in [2.75, 3.05) is 0 Å². The molecule has 2 aliphatic carbocycles. The number of halogens is 3. The van der Waals surface area contributed by atoms with Crippen molar-refractivity contribution in [1.82, 2.24) is 4.31 Å². The van der Waals surface area contributed by atoms with Crippen molar-refractivity contribution < 1.29 is 13.2 Å². The summed E-state index contributed by atoms with van der Waals surface area (Å²) in [5, 5.41) is 0. The lowest BCUT2D eigenvalue weighted by Crippen LogP contribution is -2.70. The van der Waals surface area contributed by atoms with Gasteiger partial charge in [0.05, 0.1) is 12.0 Å². The zero-order chi connectivity index (χ0) is 12.5.